The van der Waals surface area contributed by atoms with Crippen LogP contribution in [0.4, 0.5) is 0 Å². The molecule has 3 nitrogen and oxygen atoms in total. The number of carbonyl (C=O) groups is 1. The van der Waals surface area contributed by atoms with Gasteiger partial charge in [-0.15, -0.1) is 0 Å². The van der Waals surface area contributed by atoms with Crippen LogP contribution in [0.2, 0.25) is 0 Å². The second kappa shape index (κ2) is 4.36. The van der Waals surface area contributed by atoms with Gasteiger partial charge in [-0.05, 0) is 51.4 Å². The molecular weight excluding hydrogens is 200 g/mol. The molecule has 2 N–H and O–H groups in total. The summed E-state index contributed by atoms with van der Waals surface area (Å²) in [5.41, 5.74) is 5.57. The van der Waals surface area contributed by atoms with E-state index in [2.05, 4.69) is 6.92 Å². The molecule has 0 aromatic rings. The highest BCUT2D eigenvalue weighted by Crippen LogP contribution is 2.39. The van der Waals surface area contributed by atoms with Crippen LogP contribution in [0, 0.1) is 11.8 Å². The molecule has 92 valence electrons. The molecule has 3 heteroatoms. The summed E-state index contributed by atoms with van der Waals surface area (Å²) in [4.78, 5) is 14.3. The Morgan fingerprint density at radius 2 is 2.00 bits per heavy atom. The van der Waals surface area contributed by atoms with Crippen LogP contribution < -0.4 is 5.73 Å². The van der Waals surface area contributed by atoms with Crippen LogP contribution in [0.25, 0.3) is 0 Å². The lowest BCUT2D eigenvalue weighted by molar-refractivity contribution is -0.138. The number of carbonyl (C=O) groups excluding carboxylic acids is 1. The van der Waals surface area contributed by atoms with Crippen molar-refractivity contribution >= 4 is 5.91 Å². The van der Waals surface area contributed by atoms with Crippen LogP contribution in [0.5, 0.6) is 0 Å². The smallest absolute Gasteiger partial charge is 0.242 e. The van der Waals surface area contributed by atoms with Gasteiger partial charge in [0.05, 0.1) is 5.54 Å². The SMILES string of the molecule is CCN(CC1CCC1)C(=O)C(C)(N)C1CC1. The van der Waals surface area contributed by atoms with E-state index < -0.39 is 5.54 Å². The quantitative estimate of drug-likeness (QED) is 0.773. The topological polar surface area (TPSA) is 46.3 Å². The highest BCUT2D eigenvalue weighted by molar-refractivity contribution is 5.86. The molecule has 0 spiro atoms. The molecule has 0 saturated heterocycles. The molecule has 0 radical (unpaired) electrons. The maximum absolute atomic E-state index is 12.4. The average molecular weight is 224 g/mol. The number of hydrogen-bond acceptors (Lipinski definition) is 2. The van der Waals surface area contributed by atoms with Crippen LogP contribution in [-0.2, 0) is 4.79 Å². The second-order valence-electron chi connectivity index (χ2n) is 5.70. The van der Waals surface area contributed by atoms with E-state index in [-0.39, 0.29) is 5.91 Å². The maximum atomic E-state index is 12.4. The third kappa shape index (κ3) is 2.24. The van der Waals surface area contributed by atoms with Gasteiger partial charge in [-0.2, -0.15) is 0 Å². The molecular formula is C13H24N2O. The maximum Gasteiger partial charge on any atom is 0.242 e. The fraction of sp³-hybridized carbons (Fsp3) is 0.923. The fourth-order valence-corrected chi connectivity index (χ4v) is 2.54. The van der Waals surface area contributed by atoms with Gasteiger partial charge in [0.25, 0.3) is 0 Å². The highest BCUT2D eigenvalue weighted by Gasteiger charge is 2.45. The van der Waals surface area contributed by atoms with Crippen LogP contribution in [0.15, 0.2) is 0 Å². The summed E-state index contributed by atoms with van der Waals surface area (Å²) in [5.74, 6) is 1.33. The molecule has 2 aliphatic rings. The van der Waals surface area contributed by atoms with E-state index in [4.69, 9.17) is 5.73 Å². The Kier molecular flexibility index (Phi) is 3.24. The first-order valence-corrected chi connectivity index (χ1v) is 6.64. The molecule has 2 rings (SSSR count). The molecule has 0 aromatic carbocycles. The number of likely N-dealkylation sites (N-methyl/N-ethyl adjacent to an activating group) is 1. The van der Waals surface area contributed by atoms with Gasteiger partial charge in [0.15, 0.2) is 0 Å². The average Bonchev–Trinajstić information content (AvgIpc) is 2.98. The van der Waals surface area contributed by atoms with E-state index >= 15 is 0 Å². The minimum Gasteiger partial charge on any atom is -0.341 e. The van der Waals surface area contributed by atoms with Crippen molar-refractivity contribution in [1.82, 2.24) is 4.90 Å². The Labute approximate surface area is 98.4 Å². The van der Waals surface area contributed by atoms with Crippen molar-refractivity contribution < 1.29 is 4.79 Å². The lowest BCUT2D eigenvalue weighted by Gasteiger charge is -2.36. The van der Waals surface area contributed by atoms with Crippen LogP contribution in [0.3, 0.4) is 0 Å². The van der Waals surface area contributed by atoms with Crippen LogP contribution >= 0.6 is 0 Å². The minimum absolute atomic E-state index is 0.171. The molecule has 0 aliphatic heterocycles. The summed E-state index contributed by atoms with van der Waals surface area (Å²) in [7, 11) is 0. The van der Waals surface area contributed by atoms with E-state index in [0.717, 1.165) is 31.8 Å². The Balaban J connectivity index is 1.93. The zero-order chi connectivity index (χ0) is 11.8. The molecule has 2 fully saturated rings. The van der Waals surface area contributed by atoms with Crippen molar-refractivity contribution in [3.63, 3.8) is 0 Å². The zero-order valence-corrected chi connectivity index (χ0v) is 10.5. The van der Waals surface area contributed by atoms with Gasteiger partial charge in [-0.25, -0.2) is 0 Å². The van der Waals surface area contributed by atoms with Crippen molar-refractivity contribution in [3.05, 3.63) is 0 Å². The minimum atomic E-state index is -0.611. The molecule has 0 bridgehead atoms. The van der Waals surface area contributed by atoms with Gasteiger partial charge in [0.2, 0.25) is 5.91 Å². The Morgan fingerprint density at radius 3 is 2.38 bits per heavy atom. The van der Waals surface area contributed by atoms with E-state index in [1.165, 1.54) is 19.3 Å². The molecule has 2 aliphatic carbocycles. The Bertz CT molecular complexity index is 267. The lowest BCUT2D eigenvalue weighted by Crippen LogP contribution is -2.56. The number of rotatable bonds is 5. The predicted octanol–water partition coefficient (Wildman–Crippen LogP) is 1.76. The van der Waals surface area contributed by atoms with E-state index in [9.17, 15) is 4.79 Å². The summed E-state index contributed by atoms with van der Waals surface area (Å²) in [6, 6.07) is 0. The third-order valence-corrected chi connectivity index (χ3v) is 4.26. The van der Waals surface area contributed by atoms with Gasteiger partial charge in [-0.3, -0.25) is 4.79 Å². The summed E-state index contributed by atoms with van der Waals surface area (Å²) < 4.78 is 0. The highest BCUT2D eigenvalue weighted by atomic mass is 16.2. The van der Waals surface area contributed by atoms with Gasteiger partial charge in [0, 0.05) is 13.1 Å². The van der Waals surface area contributed by atoms with Crippen molar-refractivity contribution in [2.75, 3.05) is 13.1 Å². The number of hydrogen-bond donors (Lipinski definition) is 1. The first kappa shape index (κ1) is 11.9. The van der Waals surface area contributed by atoms with Crippen molar-refractivity contribution in [1.29, 1.82) is 0 Å². The molecule has 1 atom stereocenters. The van der Waals surface area contributed by atoms with E-state index in [1.807, 2.05) is 11.8 Å². The van der Waals surface area contributed by atoms with Crippen molar-refractivity contribution in [2.24, 2.45) is 17.6 Å². The largest absolute Gasteiger partial charge is 0.341 e. The normalized spacial score (nSPS) is 24.7. The van der Waals surface area contributed by atoms with E-state index in [0.29, 0.717) is 5.92 Å². The summed E-state index contributed by atoms with van der Waals surface area (Å²) in [6.07, 6.45) is 6.15. The first-order chi connectivity index (χ1) is 7.55. The molecule has 1 unspecified atom stereocenters. The van der Waals surface area contributed by atoms with Crippen molar-refractivity contribution in [2.45, 2.75) is 51.5 Å². The molecule has 16 heavy (non-hydrogen) atoms. The Hall–Kier alpha value is -0.570. The Morgan fingerprint density at radius 1 is 1.38 bits per heavy atom. The van der Waals surface area contributed by atoms with Crippen molar-refractivity contribution in [3.8, 4) is 0 Å². The van der Waals surface area contributed by atoms with Crippen LogP contribution in [-0.4, -0.2) is 29.4 Å². The van der Waals surface area contributed by atoms with Gasteiger partial charge < -0.3 is 10.6 Å². The molecule has 1 amide bonds. The number of amides is 1. The first-order valence-electron chi connectivity index (χ1n) is 6.64. The molecule has 0 aromatic heterocycles. The standard InChI is InChI=1S/C13H24N2O/c1-3-15(9-10-5-4-6-10)12(16)13(2,14)11-7-8-11/h10-11H,3-9,14H2,1-2H3. The van der Waals surface area contributed by atoms with Gasteiger partial charge in [-0.1, -0.05) is 6.42 Å². The summed E-state index contributed by atoms with van der Waals surface area (Å²) in [6.45, 7) is 5.69. The number of nitrogens with zero attached hydrogens (tertiary/aromatic N) is 1. The number of nitrogens with two attached hydrogens (primary N) is 1. The zero-order valence-electron chi connectivity index (χ0n) is 10.5. The summed E-state index contributed by atoms with van der Waals surface area (Å²) >= 11 is 0. The second-order valence-corrected chi connectivity index (χ2v) is 5.70. The lowest BCUT2D eigenvalue weighted by atomic mass is 9.84. The van der Waals surface area contributed by atoms with E-state index in [1.54, 1.807) is 0 Å². The summed E-state index contributed by atoms with van der Waals surface area (Å²) in [5, 5.41) is 0. The predicted molar refractivity (Wildman–Crippen MR) is 64.9 cm³/mol. The molecule has 0 heterocycles. The van der Waals surface area contributed by atoms with Gasteiger partial charge in [0.1, 0.15) is 0 Å². The third-order valence-electron chi connectivity index (χ3n) is 4.26. The van der Waals surface area contributed by atoms with Crippen LogP contribution in [0.1, 0.15) is 46.0 Å². The van der Waals surface area contributed by atoms with Gasteiger partial charge >= 0.3 is 0 Å². The monoisotopic (exact) mass is 224 g/mol. The fourth-order valence-electron chi connectivity index (χ4n) is 2.54. The molecule has 2 saturated carbocycles.